The first kappa shape index (κ1) is 24.2. The van der Waals surface area contributed by atoms with Crippen LogP contribution in [0.2, 0.25) is 0 Å². The zero-order chi connectivity index (χ0) is 23.5. The monoisotopic (exact) mass is 460 g/mol. The minimum absolute atomic E-state index is 0.0938. The Morgan fingerprint density at radius 1 is 1.06 bits per heavy atom. The molecule has 1 aromatic heterocycles. The average Bonchev–Trinajstić information content (AvgIpc) is 3.10. The van der Waals surface area contributed by atoms with Gasteiger partial charge in [0.1, 0.15) is 0 Å². The number of nitrogens with two attached hydrogens (primary N) is 1. The van der Waals surface area contributed by atoms with Crippen LogP contribution < -0.4 is 5.73 Å². The highest BCUT2D eigenvalue weighted by Crippen LogP contribution is 2.20. The topological polar surface area (TPSA) is 106 Å². The molecule has 32 heavy (non-hydrogen) atoms. The molecule has 1 saturated heterocycles. The van der Waals surface area contributed by atoms with Gasteiger partial charge in [-0.05, 0) is 37.5 Å². The highest BCUT2D eigenvalue weighted by atomic mass is 32.2. The number of piperazine rings is 1. The number of amides is 1. The fourth-order valence-corrected chi connectivity index (χ4v) is 5.40. The van der Waals surface area contributed by atoms with Crippen LogP contribution in [0.1, 0.15) is 46.8 Å². The van der Waals surface area contributed by atoms with E-state index in [2.05, 4.69) is 13.8 Å². The first-order valence-corrected chi connectivity index (χ1v) is 12.4. The highest BCUT2D eigenvalue weighted by Gasteiger charge is 2.30. The summed E-state index contributed by atoms with van der Waals surface area (Å²) in [7, 11) is -3.53. The summed E-state index contributed by atoms with van der Waals surface area (Å²) in [6.45, 7) is 8.41. The van der Waals surface area contributed by atoms with Crippen molar-refractivity contribution in [3.8, 4) is 0 Å². The summed E-state index contributed by atoms with van der Waals surface area (Å²) in [5.41, 5.74) is 7.07. The van der Waals surface area contributed by atoms with E-state index >= 15 is 0 Å². The van der Waals surface area contributed by atoms with Crippen LogP contribution in [0, 0.1) is 12.8 Å². The van der Waals surface area contributed by atoms with E-state index in [9.17, 15) is 18.0 Å². The van der Waals surface area contributed by atoms with Gasteiger partial charge in [-0.3, -0.25) is 14.5 Å². The Bertz CT molecular complexity index is 1070. The maximum Gasteiger partial charge on any atom is 0.250 e. The summed E-state index contributed by atoms with van der Waals surface area (Å²) in [5.74, 6) is -0.181. The van der Waals surface area contributed by atoms with Gasteiger partial charge in [-0.2, -0.15) is 4.31 Å². The fourth-order valence-electron chi connectivity index (χ4n) is 3.95. The van der Waals surface area contributed by atoms with Gasteiger partial charge in [0.25, 0.3) is 5.91 Å². The van der Waals surface area contributed by atoms with E-state index in [1.54, 1.807) is 36.4 Å². The minimum atomic E-state index is -3.53. The standard InChI is InChI=1S/C23H32N4O4S/c1-17(2)9-10-27-18(3)20(23(24)29)15-21(27)22(28)16-25-11-13-26(14-12-25)32(30,31)19-7-5-4-6-8-19/h4-8,15,17H,9-14,16H2,1-3H3,(H2,24,29). The lowest BCUT2D eigenvalue weighted by Crippen LogP contribution is -2.49. The Morgan fingerprint density at radius 2 is 1.69 bits per heavy atom. The third-order valence-corrected chi connectivity index (χ3v) is 7.84. The largest absolute Gasteiger partial charge is 0.366 e. The van der Waals surface area contributed by atoms with Crippen LogP contribution in [0.3, 0.4) is 0 Å². The normalized spacial score (nSPS) is 15.9. The van der Waals surface area contributed by atoms with Crippen molar-refractivity contribution in [2.45, 2.75) is 38.6 Å². The zero-order valence-corrected chi connectivity index (χ0v) is 19.8. The van der Waals surface area contributed by atoms with Crippen molar-refractivity contribution in [3.05, 3.63) is 53.3 Å². The third-order valence-electron chi connectivity index (χ3n) is 5.93. The molecule has 0 unspecified atom stereocenters. The summed E-state index contributed by atoms with van der Waals surface area (Å²) in [4.78, 5) is 27.2. The number of carbonyl (C=O) groups excluding carboxylic acids is 2. The number of sulfonamides is 1. The number of aromatic nitrogens is 1. The second-order valence-electron chi connectivity index (χ2n) is 8.64. The molecule has 174 valence electrons. The molecule has 3 rings (SSSR count). The molecule has 0 saturated carbocycles. The number of nitrogens with zero attached hydrogens (tertiary/aromatic N) is 3. The predicted octanol–water partition coefficient (Wildman–Crippen LogP) is 2.13. The molecular formula is C23H32N4O4S. The van der Waals surface area contributed by atoms with E-state index < -0.39 is 15.9 Å². The van der Waals surface area contributed by atoms with Gasteiger partial charge in [0.15, 0.2) is 5.78 Å². The van der Waals surface area contributed by atoms with Crippen molar-refractivity contribution in [2.75, 3.05) is 32.7 Å². The van der Waals surface area contributed by atoms with Crippen LogP contribution in [0.25, 0.3) is 0 Å². The second-order valence-corrected chi connectivity index (χ2v) is 10.6. The number of hydrogen-bond acceptors (Lipinski definition) is 5. The van der Waals surface area contributed by atoms with E-state index in [1.165, 1.54) is 4.31 Å². The molecule has 0 bridgehead atoms. The number of rotatable bonds is 9. The quantitative estimate of drug-likeness (QED) is 0.577. The molecule has 0 atom stereocenters. The SMILES string of the molecule is Cc1c(C(N)=O)cc(C(=O)CN2CCN(S(=O)(=O)c3ccccc3)CC2)n1CCC(C)C. The van der Waals surface area contributed by atoms with Crippen molar-refractivity contribution in [1.82, 2.24) is 13.8 Å². The number of Topliss-reactive ketones (excluding diaryl/α,β-unsaturated/α-hetero) is 1. The van der Waals surface area contributed by atoms with Gasteiger partial charge in [-0.25, -0.2) is 8.42 Å². The molecule has 8 nitrogen and oxygen atoms in total. The van der Waals surface area contributed by atoms with Gasteiger partial charge in [-0.1, -0.05) is 32.0 Å². The van der Waals surface area contributed by atoms with Gasteiger partial charge in [-0.15, -0.1) is 0 Å². The predicted molar refractivity (Wildman–Crippen MR) is 123 cm³/mol. The van der Waals surface area contributed by atoms with Crippen molar-refractivity contribution < 1.29 is 18.0 Å². The molecule has 2 heterocycles. The highest BCUT2D eigenvalue weighted by molar-refractivity contribution is 7.89. The molecule has 1 aliphatic rings. The summed E-state index contributed by atoms with van der Waals surface area (Å²) >= 11 is 0. The summed E-state index contributed by atoms with van der Waals surface area (Å²) in [6.07, 6.45) is 0.879. The molecule has 1 fully saturated rings. The molecule has 1 aromatic carbocycles. The molecule has 2 N–H and O–H groups in total. The molecule has 0 aliphatic carbocycles. The molecule has 9 heteroatoms. The van der Waals surface area contributed by atoms with Crippen LogP contribution in [0.4, 0.5) is 0 Å². The van der Waals surface area contributed by atoms with Gasteiger partial charge < -0.3 is 10.3 Å². The molecule has 0 radical (unpaired) electrons. The Kier molecular flexibility index (Phi) is 7.53. The Balaban J connectivity index is 1.68. The Morgan fingerprint density at radius 3 is 2.25 bits per heavy atom. The maximum atomic E-state index is 13.1. The van der Waals surface area contributed by atoms with Crippen LogP contribution in [0.15, 0.2) is 41.3 Å². The van der Waals surface area contributed by atoms with Gasteiger partial charge in [0.05, 0.1) is 22.7 Å². The second kappa shape index (κ2) is 9.97. The number of primary amides is 1. The van der Waals surface area contributed by atoms with E-state index in [-0.39, 0.29) is 17.2 Å². The van der Waals surface area contributed by atoms with Crippen molar-refractivity contribution >= 4 is 21.7 Å². The summed E-state index contributed by atoms with van der Waals surface area (Å²) in [5, 5.41) is 0. The molecule has 1 aliphatic heterocycles. The van der Waals surface area contributed by atoms with E-state index in [1.807, 2.05) is 16.4 Å². The van der Waals surface area contributed by atoms with E-state index in [4.69, 9.17) is 5.73 Å². The molecular weight excluding hydrogens is 428 g/mol. The van der Waals surface area contributed by atoms with Crippen molar-refractivity contribution in [1.29, 1.82) is 0 Å². The number of hydrogen-bond donors (Lipinski definition) is 1. The smallest absolute Gasteiger partial charge is 0.250 e. The van der Waals surface area contributed by atoms with Gasteiger partial charge >= 0.3 is 0 Å². The van der Waals surface area contributed by atoms with Gasteiger partial charge in [0, 0.05) is 38.4 Å². The number of benzene rings is 1. The van der Waals surface area contributed by atoms with Crippen LogP contribution in [-0.4, -0.2) is 66.6 Å². The summed E-state index contributed by atoms with van der Waals surface area (Å²) < 4.78 is 29.0. The first-order chi connectivity index (χ1) is 15.1. The fraction of sp³-hybridized carbons (Fsp3) is 0.478. The maximum absolute atomic E-state index is 13.1. The first-order valence-electron chi connectivity index (χ1n) is 10.9. The lowest BCUT2D eigenvalue weighted by Gasteiger charge is -2.33. The van der Waals surface area contributed by atoms with Crippen LogP contribution >= 0.6 is 0 Å². The number of ketones is 1. The van der Waals surface area contributed by atoms with Gasteiger partial charge in [0.2, 0.25) is 10.0 Å². The molecule has 2 aromatic rings. The lowest BCUT2D eigenvalue weighted by atomic mass is 10.1. The number of carbonyl (C=O) groups is 2. The van der Waals surface area contributed by atoms with Crippen LogP contribution in [-0.2, 0) is 16.6 Å². The van der Waals surface area contributed by atoms with E-state index in [0.717, 1.165) is 6.42 Å². The Hall–Kier alpha value is -2.49. The summed E-state index contributed by atoms with van der Waals surface area (Å²) in [6, 6.07) is 9.98. The van der Waals surface area contributed by atoms with Crippen molar-refractivity contribution in [3.63, 3.8) is 0 Å². The molecule has 1 amide bonds. The zero-order valence-electron chi connectivity index (χ0n) is 19.0. The van der Waals surface area contributed by atoms with Crippen LogP contribution in [0.5, 0.6) is 0 Å². The third kappa shape index (κ3) is 5.28. The average molecular weight is 461 g/mol. The Labute approximate surface area is 190 Å². The van der Waals surface area contributed by atoms with E-state index in [0.29, 0.717) is 55.6 Å². The lowest BCUT2D eigenvalue weighted by molar-refractivity contribution is 0.0891. The molecule has 0 spiro atoms. The van der Waals surface area contributed by atoms with Crippen molar-refractivity contribution in [2.24, 2.45) is 11.7 Å². The minimum Gasteiger partial charge on any atom is -0.366 e.